The summed E-state index contributed by atoms with van der Waals surface area (Å²) in [4.78, 5) is 14.2. The predicted octanol–water partition coefficient (Wildman–Crippen LogP) is 7.72. The number of nitrogens with two attached hydrogens (primary N) is 1. The number of pyridine rings is 1. The number of hydrogen-bond donors (Lipinski definition) is 1. The first-order valence-corrected chi connectivity index (χ1v) is 13.9. The lowest BCUT2D eigenvalue weighted by molar-refractivity contribution is -0.138. The van der Waals surface area contributed by atoms with E-state index >= 15 is 4.39 Å². The minimum Gasteiger partial charge on any atom is -0.494 e. The van der Waals surface area contributed by atoms with Crippen LogP contribution in [0.2, 0.25) is 5.02 Å². The molecule has 0 fully saturated rings. The summed E-state index contributed by atoms with van der Waals surface area (Å²) in [5.41, 5.74) is 5.41. The van der Waals surface area contributed by atoms with Crippen molar-refractivity contribution in [3.05, 3.63) is 115 Å². The molecular formula is C30H24ClF5N2O2S. The molecule has 5 rings (SSSR count). The number of methoxy groups -OCH3 is 1. The molecule has 0 bridgehead atoms. The predicted molar refractivity (Wildman–Crippen MR) is 150 cm³/mol. The van der Waals surface area contributed by atoms with Crippen molar-refractivity contribution in [2.24, 2.45) is 5.73 Å². The third-order valence-corrected chi connectivity index (χ3v) is 8.80. The molecule has 0 radical (unpaired) electrons. The molecule has 0 saturated carbocycles. The van der Waals surface area contributed by atoms with Gasteiger partial charge in [0.05, 0.1) is 35.3 Å². The van der Waals surface area contributed by atoms with E-state index in [1.54, 1.807) is 24.3 Å². The molecule has 2 N–H and O–H groups in total. The van der Waals surface area contributed by atoms with Gasteiger partial charge in [-0.1, -0.05) is 41.9 Å². The van der Waals surface area contributed by atoms with Gasteiger partial charge in [0.1, 0.15) is 5.82 Å². The van der Waals surface area contributed by atoms with Crippen molar-refractivity contribution in [2.45, 2.75) is 36.6 Å². The molecule has 0 amide bonds. The van der Waals surface area contributed by atoms with Crippen LogP contribution in [-0.4, -0.2) is 17.4 Å². The Kier molecular flexibility index (Phi) is 7.93. The maximum atomic E-state index is 15.6. The summed E-state index contributed by atoms with van der Waals surface area (Å²) >= 11 is 7.41. The quantitative estimate of drug-likeness (QED) is 0.228. The Labute approximate surface area is 241 Å². The van der Waals surface area contributed by atoms with E-state index in [1.807, 2.05) is 0 Å². The number of halogens is 6. The Morgan fingerprint density at radius 2 is 1.80 bits per heavy atom. The Bertz CT molecular complexity index is 1710. The molecule has 0 spiro atoms. The van der Waals surface area contributed by atoms with Gasteiger partial charge in [-0.2, -0.15) is 13.2 Å². The van der Waals surface area contributed by atoms with Crippen LogP contribution in [0.25, 0.3) is 11.1 Å². The molecule has 214 valence electrons. The van der Waals surface area contributed by atoms with Gasteiger partial charge in [0.2, 0.25) is 0 Å². The Balaban J connectivity index is 1.79. The normalized spacial score (nSPS) is 15.6. The highest BCUT2D eigenvalue weighted by molar-refractivity contribution is 7.99. The van der Waals surface area contributed by atoms with Gasteiger partial charge in [-0.05, 0) is 53.9 Å². The fraction of sp³-hybridized carbons (Fsp3) is 0.233. The lowest BCUT2D eigenvalue weighted by Crippen LogP contribution is -2.33. The fourth-order valence-electron chi connectivity index (χ4n) is 5.29. The SMILES string of the molecule is COc1cccc(-c2c(C)c(Cc3c(F)cccc3C(F)(F)F)c3n(c2=O)[C@@H](C(N)c2cccc(Cl)c2)CS3)c1F. The second-order valence-electron chi connectivity index (χ2n) is 9.68. The lowest BCUT2D eigenvalue weighted by atomic mass is 9.91. The largest absolute Gasteiger partial charge is 0.494 e. The standard InChI is InChI=1S/C30H24ClF5N2O2S/c1-15-19(13-20-21(30(34,35)36)9-5-10-22(20)32)29-38(23(14-41-29)27(37)16-6-3-7-17(31)12-16)28(39)25(15)18-8-4-11-24(40-2)26(18)33/h3-12,23,27H,13-14,37H2,1-2H3/t23-,27?/m1/s1. The van der Waals surface area contributed by atoms with Crippen LogP contribution in [0, 0.1) is 18.6 Å². The molecule has 1 aliphatic heterocycles. The van der Waals surface area contributed by atoms with Crippen LogP contribution in [0.3, 0.4) is 0 Å². The number of rotatable bonds is 6. The number of alkyl halides is 3. The Hall–Kier alpha value is -3.34. The zero-order valence-electron chi connectivity index (χ0n) is 21.9. The van der Waals surface area contributed by atoms with E-state index in [-0.39, 0.29) is 28.0 Å². The molecule has 11 heteroatoms. The van der Waals surface area contributed by atoms with Crippen LogP contribution < -0.4 is 16.0 Å². The van der Waals surface area contributed by atoms with E-state index in [0.29, 0.717) is 21.4 Å². The molecule has 2 heterocycles. The van der Waals surface area contributed by atoms with Gasteiger partial charge in [-0.3, -0.25) is 9.36 Å². The van der Waals surface area contributed by atoms with Gasteiger partial charge in [0.15, 0.2) is 11.6 Å². The molecule has 4 aromatic rings. The topological polar surface area (TPSA) is 57.2 Å². The maximum absolute atomic E-state index is 15.6. The van der Waals surface area contributed by atoms with Crippen molar-refractivity contribution in [1.29, 1.82) is 0 Å². The highest BCUT2D eigenvalue weighted by Crippen LogP contribution is 2.45. The van der Waals surface area contributed by atoms with Crippen LogP contribution in [0.4, 0.5) is 22.0 Å². The number of hydrogen-bond acceptors (Lipinski definition) is 4. The first-order chi connectivity index (χ1) is 19.4. The van der Waals surface area contributed by atoms with E-state index in [9.17, 15) is 22.4 Å². The highest BCUT2D eigenvalue weighted by Gasteiger charge is 2.38. The number of fused-ring (bicyclic) bond motifs is 1. The molecule has 1 unspecified atom stereocenters. The first-order valence-electron chi connectivity index (χ1n) is 12.5. The van der Waals surface area contributed by atoms with Crippen molar-refractivity contribution in [3.8, 4) is 16.9 Å². The van der Waals surface area contributed by atoms with Gasteiger partial charge < -0.3 is 10.5 Å². The van der Waals surface area contributed by atoms with Crippen molar-refractivity contribution in [1.82, 2.24) is 4.57 Å². The third kappa shape index (κ3) is 5.24. The minimum absolute atomic E-state index is 0.0594. The molecule has 2 atom stereocenters. The molecule has 1 aliphatic rings. The van der Waals surface area contributed by atoms with E-state index in [4.69, 9.17) is 22.1 Å². The van der Waals surface area contributed by atoms with Crippen molar-refractivity contribution >= 4 is 23.4 Å². The summed E-state index contributed by atoms with van der Waals surface area (Å²) in [6.45, 7) is 1.53. The molecule has 0 aliphatic carbocycles. The monoisotopic (exact) mass is 606 g/mol. The van der Waals surface area contributed by atoms with Crippen molar-refractivity contribution in [3.63, 3.8) is 0 Å². The van der Waals surface area contributed by atoms with Crippen LogP contribution in [0.15, 0.2) is 70.5 Å². The van der Waals surface area contributed by atoms with Gasteiger partial charge in [-0.25, -0.2) is 8.78 Å². The number of benzene rings is 3. The summed E-state index contributed by atoms with van der Waals surface area (Å²) in [6, 6.07) is 12.5. The van der Waals surface area contributed by atoms with Gasteiger partial charge >= 0.3 is 6.18 Å². The van der Waals surface area contributed by atoms with Crippen LogP contribution in [-0.2, 0) is 12.6 Å². The average Bonchev–Trinajstić information content (AvgIpc) is 3.37. The van der Waals surface area contributed by atoms with Crippen LogP contribution in [0.5, 0.6) is 5.75 Å². The number of thioether (sulfide) groups is 1. The summed E-state index contributed by atoms with van der Waals surface area (Å²) < 4.78 is 78.8. The van der Waals surface area contributed by atoms with Gasteiger partial charge in [-0.15, -0.1) is 11.8 Å². The molecular weight excluding hydrogens is 583 g/mol. The van der Waals surface area contributed by atoms with Crippen LogP contribution >= 0.6 is 23.4 Å². The van der Waals surface area contributed by atoms with Crippen molar-refractivity contribution < 1.29 is 26.7 Å². The van der Waals surface area contributed by atoms with E-state index in [2.05, 4.69) is 0 Å². The molecule has 3 aromatic carbocycles. The van der Waals surface area contributed by atoms with Crippen molar-refractivity contribution in [2.75, 3.05) is 12.9 Å². The molecule has 0 saturated heterocycles. The zero-order chi connectivity index (χ0) is 29.6. The van der Waals surface area contributed by atoms with Gasteiger partial charge in [0.25, 0.3) is 5.56 Å². The lowest BCUT2D eigenvalue weighted by Gasteiger charge is -2.25. The van der Waals surface area contributed by atoms with E-state index in [0.717, 1.165) is 18.2 Å². The van der Waals surface area contributed by atoms with E-state index < -0.39 is 53.0 Å². The smallest absolute Gasteiger partial charge is 0.416 e. The number of nitrogens with zero attached hydrogens (tertiary/aromatic N) is 1. The average molecular weight is 607 g/mol. The molecule has 41 heavy (non-hydrogen) atoms. The highest BCUT2D eigenvalue weighted by atomic mass is 35.5. The second-order valence-corrected chi connectivity index (χ2v) is 11.1. The Morgan fingerprint density at radius 1 is 1.10 bits per heavy atom. The number of ether oxygens (including phenoxy) is 1. The fourth-order valence-corrected chi connectivity index (χ4v) is 6.94. The summed E-state index contributed by atoms with van der Waals surface area (Å²) in [6.07, 6.45) is -5.29. The van der Waals surface area contributed by atoms with E-state index in [1.165, 1.54) is 48.6 Å². The Morgan fingerprint density at radius 3 is 2.49 bits per heavy atom. The summed E-state index contributed by atoms with van der Waals surface area (Å²) in [5.74, 6) is -1.63. The van der Waals surface area contributed by atoms with Gasteiger partial charge in [0, 0.05) is 28.3 Å². The minimum atomic E-state index is -4.81. The molecule has 4 nitrogen and oxygen atoms in total. The third-order valence-electron chi connectivity index (χ3n) is 7.34. The summed E-state index contributed by atoms with van der Waals surface area (Å²) in [7, 11) is 1.28. The maximum Gasteiger partial charge on any atom is 0.416 e. The first kappa shape index (κ1) is 29.2. The second kappa shape index (κ2) is 11.2. The summed E-state index contributed by atoms with van der Waals surface area (Å²) in [5, 5.41) is 0.803. The van der Waals surface area contributed by atoms with Crippen LogP contribution in [0.1, 0.15) is 39.9 Å². The number of aromatic nitrogens is 1. The molecule has 1 aromatic heterocycles. The zero-order valence-corrected chi connectivity index (χ0v) is 23.4.